The molecule has 0 saturated heterocycles. The lowest BCUT2D eigenvalue weighted by molar-refractivity contribution is -0.136. The second-order valence-electron chi connectivity index (χ2n) is 4.25. The van der Waals surface area contributed by atoms with Gasteiger partial charge in [-0.1, -0.05) is 51.8 Å². The van der Waals surface area contributed by atoms with Gasteiger partial charge in [-0.25, -0.2) is 0 Å². The van der Waals surface area contributed by atoms with Gasteiger partial charge in [0.2, 0.25) is 0 Å². The summed E-state index contributed by atoms with van der Waals surface area (Å²) in [6.07, 6.45) is 0.0275. The van der Waals surface area contributed by atoms with Crippen molar-refractivity contribution in [2.24, 2.45) is 0 Å². The van der Waals surface area contributed by atoms with Crippen molar-refractivity contribution in [3.63, 3.8) is 0 Å². The molecule has 0 aliphatic heterocycles. The first-order valence-corrected chi connectivity index (χ1v) is 7.09. The first-order chi connectivity index (χ1) is 9.54. The molecule has 0 aromatic heterocycles. The van der Waals surface area contributed by atoms with Crippen LogP contribution in [0, 0.1) is 0 Å². The second kappa shape index (κ2) is 6.77. The van der Waals surface area contributed by atoms with Crippen molar-refractivity contribution in [1.29, 1.82) is 0 Å². The highest BCUT2D eigenvalue weighted by atomic mass is 79.9. The zero-order valence-corrected chi connectivity index (χ0v) is 12.8. The Labute approximate surface area is 130 Å². The lowest BCUT2D eigenvalue weighted by atomic mass is 10.1. The highest BCUT2D eigenvalue weighted by Crippen LogP contribution is 2.28. The van der Waals surface area contributed by atoms with Gasteiger partial charge in [0.1, 0.15) is 12.4 Å². The van der Waals surface area contributed by atoms with Crippen molar-refractivity contribution in [3.8, 4) is 5.75 Å². The van der Waals surface area contributed by atoms with E-state index >= 15 is 0 Å². The molecule has 0 bridgehead atoms. The molecule has 0 saturated carbocycles. The zero-order valence-electron chi connectivity index (χ0n) is 10.5. The smallest absolute Gasteiger partial charge is 0.307 e. The highest BCUT2D eigenvalue weighted by Gasteiger charge is 2.04. The van der Waals surface area contributed by atoms with E-state index in [4.69, 9.17) is 21.4 Å². The van der Waals surface area contributed by atoms with Crippen molar-refractivity contribution >= 4 is 33.5 Å². The van der Waals surface area contributed by atoms with Crippen molar-refractivity contribution in [3.05, 3.63) is 63.1 Å². The van der Waals surface area contributed by atoms with Gasteiger partial charge in [-0.05, 0) is 29.3 Å². The van der Waals surface area contributed by atoms with Crippen LogP contribution < -0.4 is 4.74 Å². The van der Waals surface area contributed by atoms with Crippen LogP contribution in [0.1, 0.15) is 11.1 Å². The third-order valence-corrected chi connectivity index (χ3v) is 3.46. The molecule has 0 fully saturated rings. The van der Waals surface area contributed by atoms with E-state index in [1.165, 1.54) is 0 Å². The molecule has 0 amide bonds. The molecule has 0 radical (unpaired) electrons. The predicted molar refractivity (Wildman–Crippen MR) is 81.3 cm³/mol. The molecule has 2 aromatic rings. The van der Waals surface area contributed by atoms with Gasteiger partial charge in [0.25, 0.3) is 0 Å². The fourth-order valence-corrected chi connectivity index (χ4v) is 2.41. The molecule has 0 aliphatic rings. The Hall–Kier alpha value is -1.52. The van der Waals surface area contributed by atoms with Gasteiger partial charge >= 0.3 is 5.97 Å². The summed E-state index contributed by atoms with van der Waals surface area (Å²) < 4.78 is 6.53. The van der Waals surface area contributed by atoms with Crippen LogP contribution in [0.3, 0.4) is 0 Å². The summed E-state index contributed by atoms with van der Waals surface area (Å²) in [5.41, 5.74) is 1.72. The lowest BCUT2D eigenvalue weighted by Crippen LogP contribution is -2.01. The van der Waals surface area contributed by atoms with Crippen molar-refractivity contribution in [2.75, 3.05) is 0 Å². The van der Waals surface area contributed by atoms with E-state index < -0.39 is 5.97 Å². The molecule has 0 heterocycles. The maximum absolute atomic E-state index is 10.6. The number of carboxylic acids is 1. The van der Waals surface area contributed by atoms with Gasteiger partial charge in [0.15, 0.2) is 0 Å². The Morgan fingerprint density at radius 1 is 1.15 bits per heavy atom. The largest absolute Gasteiger partial charge is 0.487 e. The summed E-state index contributed by atoms with van der Waals surface area (Å²) in [5, 5.41) is 9.24. The molecular weight excluding hydrogens is 344 g/mol. The number of ether oxygens (including phenoxy) is 1. The Kier molecular flexibility index (Phi) is 5.04. The molecular formula is C15H12BrClO3. The van der Waals surface area contributed by atoms with Gasteiger partial charge < -0.3 is 9.84 Å². The van der Waals surface area contributed by atoms with Crippen LogP contribution >= 0.6 is 27.5 Å². The first kappa shape index (κ1) is 14.9. The van der Waals surface area contributed by atoms with Crippen LogP contribution in [0.25, 0.3) is 0 Å². The van der Waals surface area contributed by atoms with Gasteiger partial charge in [-0.3, -0.25) is 4.79 Å². The molecule has 0 spiro atoms. The van der Waals surface area contributed by atoms with E-state index in [0.717, 1.165) is 15.6 Å². The topological polar surface area (TPSA) is 46.5 Å². The molecule has 2 rings (SSSR count). The monoisotopic (exact) mass is 354 g/mol. The van der Waals surface area contributed by atoms with Gasteiger partial charge in [-0.15, -0.1) is 0 Å². The van der Waals surface area contributed by atoms with E-state index in [9.17, 15) is 4.79 Å². The Bertz CT molecular complexity index is 611. The number of hydrogen-bond donors (Lipinski definition) is 1. The summed E-state index contributed by atoms with van der Waals surface area (Å²) >= 11 is 9.39. The number of carbonyl (C=O) groups is 1. The van der Waals surface area contributed by atoms with E-state index in [1.807, 2.05) is 18.2 Å². The van der Waals surface area contributed by atoms with Gasteiger partial charge in [-0.2, -0.15) is 0 Å². The summed E-state index contributed by atoms with van der Waals surface area (Å²) in [5.74, 6) is -0.222. The molecule has 0 aliphatic carbocycles. The van der Waals surface area contributed by atoms with Crippen LogP contribution in [0.4, 0.5) is 0 Å². The summed E-state index contributed by atoms with van der Waals surface area (Å²) in [6.45, 7) is 0.384. The number of halogens is 2. The minimum atomic E-state index is -0.837. The molecule has 0 unspecified atom stereocenters. The van der Waals surface area contributed by atoms with Crippen molar-refractivity contribution < 1.29 is 14.6 Å². The number of benzene rings is 2. The van der Waals surface area contributed by atoms with E-state index in [2.05, 4.69) is 15.9 Å². The standard InChI is InChI=1S/C15H12BrClO3/c16-12-5-6-14(13(17)8-12)20-9-11-3-1-10(2-4-11)7-15(18)19/h1-6,8H,7,9H2,(H,18,19). The van der Waals surface area contributed by atoms with Crippen LogP contribution in [0.15, 0.2) is 46.9 Å². The highest BCUT2D eigenvalue weighted by molar-refractivity contribution is 9.10. The van der Waals surface area contributed by atoms with E-state index in [1.54, 1.807) is 24.3 Å². The SMILES string of the molecule is O=C(O)Cc1ccc(COc2ccc(Br)cc2Cl)cc1. The van der Waals surface area contributed by atoms with Gasteiger partial charge in [0, 0.05) is 4.47 Å². The Balaban J connectivity index is 1.98. The molecule has 104 valence electrons. The fraction of sp³-hybridized carbons (Fsp3) is 0.133. The maximum Gasteiger partial charge on any atom is 0.307 e. The lowest BCUT2D eigenvalue weighted by Gasteiger charge is -2.08. The average molecular weight is 356 g/mol. The fourth-order valence-electron chi connectivity index (χ4n) is 1.68. The minimum absolute atomic E-state index is 0.0275. The van der Waals surface area contributed by atoms with Crippen molar-refractivity contribution in [2.45, 2.75) is 13.0 Å². The Morgan fingerprint density at radius 2 is 1.80 bits per heavy atom. The number of carboxylic acid groups (broad SMARTS) is 1. The van der Waals surface area contributed by atoms with Crippen LogP contribution in [-0.2, 0) is 17.8 Å². The third-order valence-electron chi connectivity index (χ3n) is 2.67. The van der Waals surface area contributed by atoms with Crippen LogP contribution in [-0.4, -0.2) is 11.1 Å². The van der Waals surface area contributed by atoms with E-state index in [-0.39, 0.29) is 6.42 Å². The summed E-state index contributed by atoms with van der Waals surface area (Å²) in [7, 11) is 0. The van der Waals surface area contributed by atoms with Crippen molar-refractivity contribution in [1.82, 2.24) is 0 Å². The molecule has 2 aromatic carbocycles. The quantitative estimate of drug-likeness (QED) is 0.869. The normalized spacial score (nSPS) is 10.3. The third kappa shape index (κ3) is 4.25. The summed E-state index contributed by atoms with van der Waals surface area (Å²) in [4.78, 5) is 10.6. The minimum Gasteiger partial charge on any atom is -0.487 e. The molecule has 1 N–H and O–H groups in total. The van der Waals surface area contributed by atoms with Crippen LogP contribution in [0.5, 0.6) is 5.75 Å². The van der Waals surface area contributed by atoms with E-state index in [0.29, 0.717) is 17.4 Å². The zero-order chi connectivity index (χ0) is 14.5. The van der Waals surface area contributed by atoms with Crippen LogP contribution in [0.2, 0.25) is 5.02 Å². The predicted octanol–water partition coefficient (Wildman–Crippen LogP) is 4.31. The number of aliphatic carboxylic acids is 1. The second-order valence-corrected chi connectivity index (χ2v) is 5.57. The maximum atomic E-state index is 10.6. The number of hydrogen-bond acceptors (Lipinski definition) is 2. The molecule has 20 heavy (non-hydrogen) atoms. The first-order valence-electron chi connectivity index (χ1n) is 5.92. The molecule has 3 nitrogen and oxygen atoms in total. The Morgan fingerprint density at radius 3 is 2.40 bits per heavy atom. The molecule has 5 heteroatoms. The summed E-state index contributed by atoms with van der Waals surface area (Å²) in [6, 6.07) is 12.7. The molecule has 0 atom stereocenters. The van der Waals surface area contributed by atoms with Gasteiger partial charge in [0.05, 0.1) is 11.4 Å². The number of rotatable bonds is 5. The average Bonchev–Trinajstić information content (AvgIpc) is 2.39.